The Morgan fingerprint density at radius 3 is 2.67 bits per heavy atom. The molecular weight excluding hydrogens is 382 g/mol. The van der Waals surface area contributed by atoms with Crippen molar-refractivity contribution in [2.75, 3.05) is 33.7 Å². The predicted molar refractivity (Wildman–Crippen MR) is 112 cm³/mol. The summed E-state index contributed by atoms with van der Waals surface area (Å²) in [6, 6.07) is 10.1. The van der Waals surface area contributed by atoms with Crippen LogP contribution in [0.3, 0.4) is 0 Å². The molecule has 0 radical (unpaired) electrons. The van der Waals surface area contributed by atoms with Gasteiger partial charge in [0.05, 0.1) is 6.54 Å². The van der Waals surface area contributed by atoms with Gasteiger partial charge in [0.25, 0.3) is 5.91 Å². The molecule has 1 aromatic carbocycles. The zero-order valence-electron chi connectivity index (χ0n) is 17.6. The number of rotatable bonds is 4. The first-order valence-electron chi connectivity index (χ1n) is 10.5. The number of nitrogens with one attached hydrogen (secondary N) is 1. The first-order chi connectivity index (χ1) is 14.5. The van der Waals surface area contributed by atoms with Crippen LogP contribution < -0.4 is 5.32 Å². The SMILES string of the molecule is CN(C)C(=O)C1Cn2ccnc2C2(CCN(C(=O)NCCc3ccccc3)CC2)O1. The van der Waals surface area contributed by atoms with E-state index in [1.54, 1.807) is 25.2 Å². The van der Waals surface area contributed by atoms with Crippen LogP contribution in [-0.2, 0) is 28.1 Å². The zero-order valence-corrected chi connectivity index (χ0v) is 17.6. The van der Waals surface area contributed by atoms with Crippen LogP contribution in [0.4, 0.5) is 4.79 Å². The summed E-state index contributed by atoms with van der Waals surface area (Å²) in [4.78, 5) is 33.1. The van der Waals surface area contributed by atoms with Gasteiger partial charge in [0.2, 0.25) is 0 Å². The van der Waals surface area contributed by atoms with Gasteiger partial charge in [-0.15, -0.1) is 0 Å². The molecule has 0 saturated carbocycles. The Labute approximate surface area is 176 Å². The molecule has 1 saturated heterocycles. The monoisotopic (exact) mass is 411 g/mol. The number of fused-ring (bicyclic) bond motifs is 2. The topological polar surface area (TPSA) is 79.7 Å². The third kappa shape index (κ3) is 4.05. The van der Waals surface area contributed by atoms with E-state index in [9.17, 15) is 9.59 Å². The minimum atomic E-state index is -0.626. The first kappa shape index (κ1) is 20.4. The van der Waals surface area contributed by atoms with Crippen molar-refractivity contribution in [3.8, 4) is 0 Å². The van der Waals surface area contributed by atoms with E-state index >= 15 is 0 Å². The van der Waals surface area contributed by atoms with Crippen LogP contribution in [0.15, 0.2) is 42.7 Å². The maximum absolute atomic E-state index is 12.6. The quantitative estimate of drug-likeness (QED) is 0.829. The van der Waals surface area contributed by atoms with Crippen LogP contribution >= 0.6 is 0 Å². The lowest BCUT2D eigenvalue weighted by Crippen LogP contribution is -2.55. The average Bonchev–Trinajstić information content (AvgIpc) is 3.24. The van der Waals surface area contributed by atoms with Gasteiger partial charge < -0.3 is 24.4 Å². The van der Waals surface area contributed by atoms with E-state index in [0.29, 0.717) is 39.0 Å². The normalized spacial score (nSPS) is 19.9. The molecule has 0 bridgehead atoms. The number of nitrogens with zero attached hydrogens (tertiary/aromatic N) is 4. The molecule has 2 aromatic rings. The van der Waals surface area contributed by atoms with Gasteiger partial charge in [-0.2, -0.15) is 0 Å². The number of benzene rings is 1. The van der Waals surface area contributed by atoms with Crippen LogP contribution in [-0.4, -0.2) is 71.1 Å². The van der Waals surface area contributed by atoms with Crippen molar-refractivity contribution in [3.05, 3.63) is 54.1 Å². The molecule has 2 aliphatic heterocycles. The highest BCUT2D eigenvalue weighted by molar-refractivity contribution is 5.80. The van der Waals surface area contributed by atoms with Crippen molar-refractivity contribution in [3.63, 3.8) is 0 Å². The van der Waals surface area contributed by atoms with Crippen LogP contribution in [0, 0.1) is 0 Å². The Morgan fingerprint density at radius 1 is 1.23 bits per heavy atom. The standard InChI is InChI=1S/C22H29N5O3/c1-25(2)19(28)18-16-27-15-12-23-20(27)22(30-18)9-13-26(14-10-22)21(29)24-11-8-17-6-4-3-5-7-17/h3-7,12,15,18H,8-11,13-14,16H2,1-2H3,(H,24,29). The molecule has 1 N–H and O–H groups in total. The molecule has 4 rings (SSSR count). The lowest BCUT2D eigenvalue weighted by Gasteiger charge is -2.45. The van der Waals surface area contributed by atoms with Crippen LogP contribution in [0.25, 0.3) is 0 Å². The van der Waals surface area contributed by atoms with E-state index in [-0.39, 0.29) is 11.9 Å². The number of imidazole rings is 1. The van der Waals surface area contributed by atoms with Gasteiger partial charge >= 0.3 is 6.03 Å². The number of carbonyl (C=O) groups excluding carboxylic acids is 2. The number of likely N-dealkylation sites (tertiary alicyclic amines) is 1. The lowest BCUT2D eigenvalue weighted by atomic mass is 9.88. The van der Waals surface area contributed by atoms with Crippen LogP contribution in [0.2, 0.25) is 0 Å². The lowest BCUT2D eigenvalue weighted by molar-refractivity contribution is -0.177. The Kier molecular flexibility index (Phi) is 5.76. The van der Waals surface area contributed by atoms with Gasteiger partial charge in [0.15, 0.2) is 6.10 Å². The third-order valence-electron chi connectivity index (χ3n) is 5.96. The summed E-state index contributed by atoms with van der Waals surface area (Å²) in [6.07, 6.45) is 5.16. The van der Waals surface area contributed by atoms with Gasteiger partial charge in [-0.1, -0.05) is 30.3 Å². The minimum absolute atomic E-state index is 0.0465. The van der Waals surface area contributed by atoms with Gasteiger partial charge in [-0.25, -0.2) is 9.78 Å². The molecule has 3 amide bonds. The predicted octanol–water partition coefficient (Wildman–Crippen LogP) is 1.61. The molecule has 1 atom stereocenters. The molecule has 1 aromatic heterocycles. The molecule has 1 spiro atoms. The van der Waals surface area contributed by atoms with Gasteiger partial charge in [-0.3, -0.25) is 4.79 Å². The Balaban J connectivity index is 1.37. The van der Waals surface area contributed by atoms with E-state index in [0.717, 1.165) is 12.2 Å². The third-order valence-corrected chi connectivity index (χ3v) is 5.96. The van der Waals surface area contributed by atoms with E-state index in [4.69, 9.17) is 4.74 Å². The number of carbonyl (C=O) groups is 2. The fourth-order valence-corrected chi connectivity index (χ4v) is 4.30. The summed E-state index contributed by atoms with van der Waals surface area (Å²) in [6.45, 7) is 2.20. The van der Waals surface area contributed by atoms with Crippen molar-refractivity contribution < 1.29 is 14.3 Å². The van der Waals surface area contributed by atoms with E-state index in [1.807, 2.05) is 33.9 Å². The number of amides is 3. The van der Waals surface area contributed by atoms with Gasteiger partial charge in [0, 0.05) is 59.0 Å². The molecule has 0 aliphatic carbocycles. The second-order valence-corrected chi connectivity index (χ2v) is 8.19. The highest BCUT2D eigenvalue weighted by Gasteiger charge is 2.47. The van der Waals surface area contributed by atoms with Crippen molar-refractivity contribution >= 4 is 11.9 Å². The summed E-state index contributed by atoms with van der Waals surface area (Å²) in [5, 5.41) is 3.01. The largest absolute Gasteiger partial charge is 0.352 e. The molecule has 2 aliphatic rings. The van der Waals surface area contributed by atoms with Crippen molar-refractivity contribution in [2.24, 2.45) is 0 Å². The van der Waals surface area contributed by atoms with Crippen molar-refractivity contribution in [2.45, 2.75) is 37.5 Å². The number of ether oxygens (including phenoxy) is 1. The second-order valence-electron chi connectivity index (χ2n) is 8.19. The fraction of sp³-hybridized carbons (Fsp3) is 0.500. The smallest absolute Gasteiger partial charge is 0.317 e. The van der Waals surface area contributed by atoms with Crippen LogP contribution in [0.1, 0.15) is 24.2 Å². The van der Waals surface area contributed by atoms with Crippen LogP contribution in [0.5, 0.6) is 0 Å². The number of urea groups is 1. The van der Waals surface area contributed by atoms with Gasteiger partial charge in [-0.05, 0) is 12.0 Å². The zero-order chi connectivity index (χ0) is 21.1. The number of aromatic nitrogens is 2. The maximum Gasteiger partial charge on any atom is 0.317 e. The summed E-state index contributed by atoms with van der Waals surface area (Å²) in [5.74, 6) is 0.809. The highest BCUT2D eigenvalue weighted by atomic mass is 16.5. The number of hydrogen-bond donors (Lipinski definition) is 1. The summed E-state index contributed by atoms with van der Waals surface area (Å²) < 4.78 is 8.38. The molecule has 8 nitrogen and oxygen atoms in total. The number of piperidine rings is 1. The second kappa shape index (κ2) is 8.47. The summed E-state index contributed by atoms with van der Waals surface area (Å²) in [5.41, 5.74) is 0.577. The molecular formula is C22H29N5O3. The first-order valence-corrected chi connectivity index (χ1v) is 10.5. The average molecular weight is 412 g/mol. The molecule has 3 heterocycles. The molecule has 30 heavy (non-hydrogen) atoms. The summed E-state index contributed by atoms with van der Waals surface area (Å²) >= 11 is 0. The molecule has 1 fully saturated rings. The van der Waals surface area contributed by atoms with Gasteiger partial charge in [0.1, 0.15) is 11.4 Å². The van der Waals surface area contributed by atoms with E-state index in [1.165, 1.54) is 5.56 Å². The molecule has 8 heteroatoms. The Bertz CT molecular complexity index is 887. The molecule has 160 valence electrons. The fourth-order valence-electron chi connectivity index (χ4n) is 4.30. The van der Waals surface area contributed by atoms with E-state index < -0.39 is 11.7 Å². The molecule has 1 unspecified atom stereocenters. The Morgan fingerprint density at radius 2 is 1.97 bits per heavy atom. The Hall–Kier alpha value is -2.87. The number of likely N-dealkylation sites (N-methyl/N-ethyl adjacent to an activating group) is 1. The van der Waals surface area contributed by atoms with Crippen molar-refractivity contribution in [1.29, 1.82) is 0 Å². The van der Waals surface area contributed by atoms with Crippen molar-refractivity contribution in [1.82, 2.24) is 24.7 Å². The minimum Gasteiger partial charge on any atom is -0.352 e. The van der Waals surface area contributed by atoms with E-state index in [2.05, 4.69) is 22.4 Å². The maximum atomic E-state index is 12.6. The highest BCUT2D eigenvalue weighted by Crippen LogP contribution is 2.40. The summed E-state index contributed by atoms with van der Waals surface area (Å²) in [7, 11) is 3.48. The number of hydrogen-bond acceptors (Lipinski definition) is 4.